The lowest BCUT2D eigenvalue weighted by atomic mass is 10.1. The predicted octanol–water partition coefficient (Wildman–Crippen LogP) is 2.77. The van der Waals surface area contributed by atoms with E-state index in [-0.39, 0.29) is 12.2 Å². The average Bonchev–Trinajstić information content (AvgIpc) is 2.12. The smallest absolute Gasteiger partial charge is 0.232 e. The molecule has 0 spiro atoms. The maximum absolute atomic E-state index is 10.9. The van der Waals surface area contributed by atoms with Gasteiger partial charge in [-0.2, -0.15) is 0 Å². The molecule has 0 radical (unpaired) electrons. The van der Waals surface area contributed by atoms with Crippen molar-refractivity contribution < 1.29 is 13.2 Å². The average molecular weight is 283 g/mol. The molecule has 1 aromatic carbocycles. The lowest BCUT2D eigenvalue weighted by Gasteiger charge is -2.11. The van der Waals surface area contributed by atoms with E-state index in [0.29, 0.717) is 10.8 Å². The third kappa shape index (κ3) is 3.85. The van der Waals surface area contributed by atoms with Crippen LogP contribution in [0.25, 0.3) is 0 Å². The van der Waals surface area contributed by atoms with Crippen LogP contribution < -0.4 is 4.74 Å². The van der Waals surface area contributed by atoms with Crippen molar-refractivity contribution in [1.82, 2.24) is 0 Å². The first-order chi connectivity index (χ1) is 7.33. The summed E-state index contributed by atoms with van der Waals surface area (Å²) in [5.74, 6) is 0.523. The highest BCUT2D eigenvalue weighted by Crippen LogP contribution is 2.28. The molecule has 0 amide bonds. The maximum atomic E-state index is 10.9. The molecule has 16 heavy (non-hydrogen) atoms. The molecule has 1 aromatic rings. The highest BCUT2D eigenvalue weighted by atomic mass is 35.7. The zero-order chi connectivity index (χ0) is 12.3. The van der Waals surface area contributed by atoms with E-state index in [2.05, 4.69) is 0 Å². The van der Waals surface area contributed by atoms with Gasteiger partial charge in [-0.3, -0.25) is 0 Å². The minimum atomic E-state index is -3.50. The fourth-order valence-electron chi connectivity index (χ4n) is 1.51. The second-order valence-corrected chi connectivity index (χ2v) is 6.74. The fraction of sp³-hybridized carbons (Fsp3) is 0.400. The van der Waals surface area contributed by atoms with Gasteiger partial charge in [-0.05, 0) is 36.6 Å². The van der Waals surface area contributed by atoms with Crippen molar-refractivity contribution in [2.75, 3.05) is 12.9 Å². The largest absolute Gasteiger partial charge is 0.496 e. The van der Waals surface area contributed by atoms with Gasteiger partial charge < -0.3 is 4.74 Å². The molecular weight excluding hydrogens is 271 g/mol. The first-order valence-electron chi connectivity index (χ1n) is 4.59. The number of rotatable bonds is 4. The summed E-state index contributed by atoms with van der Waals surface area (Å²) in [4.78, 5) is 0. The SMILES string of the molecule is COc1c(C)cc(Cl)cc1CCS(=O)(=O)Cl. The summed E-state index contributed by atoms with van der Waals surface area (Å²) in [6.45, 7) is 1.85. The third-order valence-electron chi connectivity index (χ3n) is 2.14. The van der Waals surface area contributed by atoms with E-state index in [0.717, 1.165) is 11.1 Å². The Morgan fingerprint density at radius 3 is 2.50 bits per heavy atom. The second kappa shape index (κ2) is 5.25. The van der Waals surface area contributed by atoms with E-state index in [9.17, 15) is 8.42 Å². The van der Waals surface area contributed by atoms with Gasteiger partial charge in [0.1, 0.15) is 5.75 Å². The zero-order valence-corrected chi connectivity index (χ0v) is 11.3. The molecule has 6 heteroatoms. The highest BCUT2D eigenvalue weighted by Gasteiger charge is 2.12. The standard InChI is InChI=1S/C10H12Cl2O3S/c1-7-5-9(11)6-8(10(7)15-2)3-4-16(12,13)14/h5-6H,3-4H2,1-2H3. The van der Waals surface area contributed by atoms with Crippen LogP contribution in [0.4, 0.5) is 0 Å². The van der Waals surface area contributed by atoms with Gasteiger partial charge in [0.05, 0.1) is 12.9 Å². The number of hydrogen-bond donors (Lipinski definition) is 0. The van der Waals surface area contributed by atoms with Crippen molar-refractivity contribution in [3.8, 4) is 5.75 Å². The Kier molecular flexibility index (Phi) is 4.47. The van der Waals surface area contributed by atoms with Gasteiger partial charge in [0, 0.05) is 15.7 Å². The lowest BCUT2D eigenvalue weighted by Crippen LogP contribution is -2.03. The van der Waals surface area contributed by atoms with Gasteiger partial charge in [-0.25, -0.2) is 8.42 Å². The summed E-state index contributed by atoms with van der Waals surface area (Å²) < 4.78 is 26.9. The minimum Gasteiger partial charge on any atom is -0.496 e. The molecule has 0 atom stereocenters. The van der Waals surface area contributed by atoms with Crippen molar-refractivity contribution in [3.05, 3.63) is 28.3 Å². The van der Waals surface area contributed by atoms with Crippen LogP contribution in [0, 0.1) is 6.92 Å². The Balaban J connectivity index is 3.03. The number of aryl methyl sites for hydroxylation is 2. The Hall–Kier alpha value is -0.450. The van der Waals surface area contributed by atoms with Gasteiger partial charge in [0.15, 0.2) is 0 Å². The molecule has 0 N–H and O–H groups in total. The molecule has 3 nitrogen and oxygen atoms in total. The molecule has 1 rings (SSSR count). The summed E-state index contributed by atoms with van der Waals surface area (Å²) >= 11 is 5.89. The number of benzene rings is 1. The quantitative estimate of drug-likeness (QED) is 0.798. The molecule has 0 bridgehead atoms. The second-order valence-electron chi connectivity index (χ2n) is 3.41. The van der Waals surface area contributed by atoms with Crippen LogP contribution in [0.1, 0.15) is 11.1 Å². The molecule has 90 valence electrons. The summed E-state index contributed by atoms with van der Waals surface area (Å²) in [7, 11) is 3.19. The molecule has 0 saturated heterocycles. The van der Waals surface area contributed by atoms with Crippen LogP contribution in [0.2, 0.25) is 5.02 Å². The Morgan fingerprint density at radius 1 is 1.38 bits per heavy atom. The van der Waals surface area contributed by atoms with Crippen molar-refractivity contribution in [1.29, 1.82) is 0 Å². The number of hydrogen-bond acceptors (Lipinski definition) is 3. The van der Waals surface area contributed by atoms with E-state index in [1.807, 2.05) is 6.92 Å². The van der Waals surface area contributed by atoms with Crippen molar-refractivity contribution in [2.45, 2.75) is 13.3 Å². The molecule has 0 aromatic heterocycles. The molecule has 0 aliphatic carbocycles. The van der Waals surface area contributed by atoms with Gasteiger partial charge in [0.2, 0.25) is 9.05 Å². The monoisotopic (exact) mass is 282 g/mol. The van der Waals surface area contributed by atoms with Gasteiger partial charge in [-0.1, -0.05) is 11.6 Å². The maximum Gasteiger partial charge on any atom is 0.232 e. The van der Waals surface area contributed by atoms with E-state index in [4.69, 9.17) is 27.0 Å². The van der Waals surface area contributed by atoms with Crippen LogP contribution >= 0.6 is 22.3 Å². The Labute approximate surface area is 105 Å². The van der Waals surface area contributed by atoms with Crippen molar-refractivity contribution >= 4 is 31.3 Å². The summed E-state index contributed by atoms with van der Waals surface area (Å²) in [6, 6.07) is 3.45. The number of halogens is 2. The highest BCUT2D eigenvalue weighted by molar-refractivity contribution is 8.13. The Bertz CT molecular complexity index is 483. The molecular formula is C10H12Cl2O3S. The fourth-order valence-corrected chi connectivity index (χ4v) is 2.50. The van der Waals surface area contributed by atoms with E-state index in [1.54, 1.807) is 12.1 Å². The van der Waals surface area contributed by atoms with Crippen molar-refractivity contribution in [2.24, 2.45) is 0 Å². The predicted molar refractivity (Wildman–Crippen MR) is 66.1 cm³/mol. The van der Waals surface area contributed by atoms with Gasteiger partial charge >= 0.3 is 0 Å². The van der Waals surface area contributed by atoms with Crippen LogP contribution in [0.15, 0.2) is 12.1 Å². The van der Waals surface area contributed by atoms with Crippen LogP contribution in [-0.2, 0) is 15.5 Å². The van der Waals surface area contributed by atoms with Gasteiger partial charge in [-0.15, -0.1) is 0 Å². The third-order valence-corrected chi connectivity index (χ3v) is 3.51. The van der Waals surface area contributed by atoms with E-state index < -0.39 is 9.05 Å². The molecule has 0 aliphatic rings. The molecule has 0 saturated carbocycles. The zero-order valence-electron chi connectivity index (χ0n) is 8.96. The van der Waals surface area contributed by atoms with Gasteiger partial charge in [0.25, 0.3) is 0 Å². The molecule has 0 aliphatic heterocycles. The minimum absolute atomic E-state index is 0.134. The van der Waals surface area contributed by atoms with E-state index in [1.165, 1.54) is 7.11 Å². The molecule has 0 heterocycles. The molecule has 0 fully saturated rings. The first-order valence-corrected chi connectivity index (χ1v) is 7.44. The first kappa shape index (κ1) is 13.6. The topological polar surface area (TPSA) is 43.4 Å². The van der Waals surface area contributed by atoms with Crippen LogP contribution in [-0.4, -0.2) is 21.3 Å². The summed E-state index contributed by atoms with van der Waals surface area (Å²) in [5.41, 5.74) is 1.62. The van der Waals surface area contributed by atoms with Crippen LogP contribution in [0.3, 0.4) is 0 Å². The number of ether oxygens (including phenoxy) is 1. The molecule has 0 unspecified atom stereocenters. The normalized spacial score (nSPS) is 11.5. The Morgan fingerprint density at radius 2 is 2.00 bits per heavy atom. The lowest BCUT2D eigenvalue weighted by molar-refractivity contribution is 0.407. The van der Waals surface area contributed by atoms with Crippen LogP contribution in [0.5, 0.6) is 5.75 Å². The summed E-state index contributed by atoms with van der Waals surface area (Å²) in [5, 5.41) is 0.556. The van der Waals surface area contributed by atoms with E-state index >= 15 is 0 Å². The number of methoxy groups -OCH3 is 1. The van der Waals surface area contributed by atoms with Crippen molar-refractivity contribution in [3.63, 3.8) is 0 Å². The summed E-state index contributed by atoms with van der Waals surface area (Å²) in [6.07, 6.45) is 0.288.